The normalized spacial score (nSPS) is 19.1. The van der Waals surface area contributed by atoms with E-state index >= 15 is 0 Å². The van der Waals surface area contributed by atoms with Gasteiger partial charge in [0.15, 0.2) is 0 Å². The number of nitrogens with one attached hydrogen (secondary N) is 1. The molecule has 1 atom stereocenters. The average Bonchev–Trinajstić information content (AvgIpc) is 2.26. The lowest BCUT2D eigenvalue weighted by molar-refractivity contribution is 0.0519. The number of nitrogens with two attached hydrogens (primary N) is 1. The van der Waals surface area contributed by atoms with Gasteiger partial charge in [-0.25, -0.2) is 4.79 Å². The van der Waals surface area contributed by atoms with Gasteiger partial charge in [0.25, 0.3) is 0 Å². The Morgan fingerprint density at radius 1 is 1.57 bits per heavy atom. The van der Waals surface area contributed by atoms with Crippen LogP contribution in [-0.2, 0) is 4.74 Å². The number of nitrogens with zero attached hydrogens (tertiary/aromatic N) is 1. The Labute approximate surface area is 83.0 Å². The highest BCUT2D eigenvalue weighted by molar-refractivity contribution is 5.74. The standard InChI is InChI=1S/C8H17N3O3/c9-5-7(6-12)10-8(13)11-1-3-14-4-2-11/h7,12H,1-6,9H2,(H,10,13). The van der Waals surface area contributed by atoms with E-state index in [2.05, 4.69) is 5.32 Å². The molecule has 0 aromatic carbocycles. The van der Waals surface area contributed by atoms with Crippen LogP contribution in [0.4, 0.5) is 4.79 Å². The van der Waals surface area contributed by atoms with Crippen LogP contribution in [0.25, 0.3) is 0 Å². The summed E-state index contributed by atoms with van der Waals surface area (Å²) in [5.74, 6) is 0. The molecule has 6 heteroatoms. The lowest BCUT2D eigenvalue weighted by Crippen LogP contribution is -2.52. The molecule has 1 heterocycles. The van der Waals surface area contributed by atoms with Crippen LogP contribution in [0.15, 0.2) is 0 Å². The molecule has 0 saturated carbocycles. The summed E-state index contributed by atoms with van der Waals surface area (Å²) in [6, 6.07) is -0.539. The van der Waals surface area contributed by atoms with Gasteiger partial charge < -0.3 is 25.8 Å². The maximum atomic E-state index is 11.5. The summed E-state index contributed by atoms with van der Waals surface area (Å²) >= 11 is 0. The summed E-state index contributed by atoms with van der Waals surface area (Å²) in [4.78, 5) is 13.2. The molecule has 4 N–H and O–H groups in total. The van der Waals surface area contributed by atoms with Crippen molar-refractivity contribution in [3.05, 3.63) is 0 Å². The highest BCUT2D eigenvalue weighted by atomic mass is 16.5. The summed E-state index contributed by atoms with van der Waals surface area (Å²) in [6.07, 6.45) is 0. The minimum atomic E-state index is -0.356. The van der Waals surface area contributed by atoms with Crippen LogP contribution in [-0.4, -0.2) is 61.5 Å². The summed E-state index contributed by atoms with van der Waals surface area (Å²) in [6.45, 7) is 2.43. The van der Waals surface area contributed by atoms with Crippen molar-refractivity contribution in [1.29, 1.82) is 0 Å². The zero-order chi connectivity index (χ0) is 10.4. The summed E-state index contributed by atoms with van der Waals surface area (Å²) in [7, 11) is 0. The fourth-order valence-corrected chi connectivity index (χ4v) is 1.21. The van der Waals surface area contributed by atoms with Gasteiger partial charge in [0, 0.05) is 19.6 Å². The van der Waals surface area contributed by atoms with Gasteiger partial charge in [-0.05, 0) is 0 Å². The number of hydrogen-bond donors (Lipinski definition) is 3. The number of amides is 2. The second-order valence-corrected chi connectivity index (χ2v) is 3.16. The third kappa shape index (κ3) is 3.13. The van der Waals surface area contributed by atoms with E-state index in [0.29, 0.717) is 26.3 Å². The molecule has 1 aliphatic rings. The molecule has 6 nitrogen and oxygen atoms in total. The number of morpholine rings is 1. The molecular weight excluding hydrogens is 186 g/mol. The van der Waals surface area contributed by atoms with Crippen molar-refractivity contribution >= 4 is 6.03 Å². The average molecular weight is 203 g/mol. The Kier molecular flexibility index (Phi) is 4.64. The number of aliphatic hydroxyl groups excluding tert-OH is 1. The van der Waals surface area contributed by atoms with Crippen LogP contribution < -0.4 is 11.1 Å². The Balaban J connectivity index is 2.32. The van der Waals surface area contributed by atoms with Gasteiger partial charge in [-0.2, -0.15) is 0 Å². The van der Waals surface area contributed by atoms with E-state index in [1.54, 1.807) is 4.90 Å². The summed E-state index contributed by atoms with van der Waals surface area (Å²) < 4.78 is 5.11. The molecule has 0 bridgehead atoms. The number of urea groups is 1. The highest BCUT2D eigenvalue weighted by Crippen LogP contribution is 1.97. The van der Waals surface area contributed by atoms with Gasteiger partial charge in [-0.3, -0.25) is 0 Å². The molecule has 0 spiro atoms. The van der Waals surface area contributed by atoms with Gasteiger partial charge in [-0.1, -0.05) is 0 Å². The Morgan fingerprint density at radius 3 is 2.71 bits per heavy atom. The first-order chi connectivity index (χ1) is 6.77. The molecule has 0 aromatic heterocycles. The van der Waals surface area contributed by atoms with Crippen molar-refractivity contribution in [2.75, 3.05) is 39.5 Å². The topological polar surface area (TPSA) is 87.8 Å². The number of hydrogen-bond acceptors (Lipinski definition) is 4. The van der Waals surface area contributed by atoms with Crippen LogP contribution in [0.3, 0.4) is 0 Å². The van der Waals surface area contributed by atoms with Crippen molar-refractivity contribution in [1.82, 2.24) is 10.2 Å². The fraction of sp³-hybridized carbons (Fsp3) is 0.875. The van der Waals surface area contributed by atoms with E-state index < -0.39 is 0 Å². The summed E-state index contributed by atoms with van der Waals surface area (Å²) in [5, 5.41) is 11.5. The number of aliphatic hydroxyl groups is 1. The SMILES string of the molecule is NCC(CO)NC(=O)N1CCOCC1. The number of rotatable bonds is 3. The van der Waals surface area contributed by atoms with E-state index in [0.717, 1.165) is 0 Å². The van der Waals surface area contributed by atoms with E-state index in [4.69, 9.17) is 15.6 Å². The fourth-order valence-electron chi connectivity index (χ4n) is 1.21. The molecule has 1 rings (SSSR count). The zero-order valence-electron chi connectivity index (χ0n) is 8.11. The smallest absolute Gasteiger partial charge is 0.317 e. The van der Waals surface area contributed by atoms with Gasteiger partial charge >= 0.3 is 6.03 Å². The van der Waals surface area contributed by atoms with Gasteiger partial charge in [0.05, 0.1) is 25.9 Å². The van der Waals surface area contributed by atoms with E-state index in [9.17, 15) is 4.79 Å². The van der Waals surface area contributed by atoms with E-state index in [-0.39, 0.29) is 25.2 Å². The summed E-state index contributed by atoms with van der Waals surface area (Å²) in [5.41, 5.74) is 5.34. The highest BCUT2D eigenvalue weighted by Gasteiger charge is 2.18. The Morgan fingerprint density at radius 2 is 2.21 bits per heavy atom. The lowest BCUT2D eigenvalue weighted by Gasteiger charge is -2.28. The van der Waals surface area contributed by atoms with E-state index in [1.165, 1.54) is 0 Å². The van der Waals surface area contributed by atoms with Gasteiger partial charge in [-0.15, -0.1) is 0 Å². The second kappa shape index (κ2) is 5.79. The molecular formula is C8H17N3O3. The Bertz CT molecular complexity index is 179. The lowest BCUT2D eigenvalue weighted by atomic mass is 10.3. The quantitative estimate of drug-likeness (QED) is 0.512. The molecule has 14 heavy (non-hydrogen) atoms. The predicted molar refractivity (Wildman–Crippen MR) is 50.9 cm³/mol. The first-order valence-corrected chi connectivity index (χ1v) is 4.72. The minimum absolute atomic E-state index is 0.132. The third-order valence-corrected chi connectivity index (χ3v) is 2.13. The molecule has 2 amide bonds. The van der Waals surface area contributed by atoms with Crippen molar-refractivity contribution in [3.63, 3.8) is 0 Å². The van der Waals surface area contributed by atoms with Crippen molar-refractivity contribution in [2.45, 2.75) is 6.04 Å². The van der Waals surface area contributed by atoms with E-state index in [1.807, 2.05) is 0 Å². The third-order valence-electron chi connectivity index (χ3n) is 2.13. The Hall–Kier alpha value is -0.850. The molecule has 1 unspecified atom stereocenters. The van der Waals surface area contributed by atoms with Crippen LogP contribution >= 0.6 is 0 Å². The molecule has 1 saturated heterocycles. The number of ether oxygens (including phenoxy) is 1. The molecule has 82 valence electrons. The number of carbonyl (C=O) groups is 1. The van der Waals surface area contributed by atoms with Crippen molar-refractivity contribution in [2.24, 2.45) is 5.73 Å². The zero-order valence-corrected chi connectivity index (χ0v) is 8.11. The molecule has 0 aliphatic carbocycles. The number of carbonyl (C=O) groups excluding carboxylic acids is 1. The van der Waals surface area contributed by atoms with Crippen LogP contribution in [0, 0.1) is 0 Å². The van der Waals surface area contributed by atoms with Crippen LogP contribution in [0.5, 0.6) is 0 Å². The maximum Gasteiger partial charge on any atom is 0.317 e. The molecule has 1 aliphatic heterocycles. The van der Waals surface area contributed by atoms with Gasteiger partial charge in [0.1, 0.15) is 0 Å². The second-order valence-electron chi connectivity index (χ2n) is 3.16. The monoisotopic (exact) mass is 203 g/mol. The van der Waals surface area contributed by atoms with Crippen molar-refractivity contribution < 1.29 is 14.6 Å². The van der Waals surface area contributed by atoms with Crippen LogP contribution in [0.2, 0.25) is 0 Å². The molecule has 1 fully saturated rings. The first-order valence-electron chi connectivity index (χ1n) is 4.72. The molecule has 0 aromatic rings. The van der Waals surface area contributed by atoms with Gasteiger partial charge in [0.2, 0.25) is 0 Å². The van der Waals surface area contributed by atoms with Crippen LogP contribution in [0.1, 0.15) is 0 Å². The first kappa shape index (κ1) is 11.2. The predicted octanol–water partition coefficient (Wildman–Crippen LogP) is -1.65. The largest absolute Gasteiger partial charge is 0.394 e. The van der Waals surface area contributed by atoms with Crippen molar-refractivity contribution in [3.8, 4) is 0 Å². The maximum absolute atomic E-state index is 11.5. The molecule has 0 radical (unpaired) electrons. The minimum Gasteiger partial charge on any atom is -0.394 e.